The van der Waals surface area contributed by atoms with E-state index in [2.05, 4.69) is 31.2 Å². The SMILES string of the molecule is O=C(Nc1cccc(Br)n1)c1cc(Cl)ncc1Cl. The molecule has 2 aromatic rings. The molecule has 0 radical (unpaired) electrons. The second-order valence-corrected chi connectivity index (χ2v) is 4.89. The van der Waals surface area contributed by atoms with Gasteiger partial charge in [0, 0.05) is 6.20 Å². The zero-order valence-electron chi connectivity index (χ0n) is 8.82. The number of anilines is 1. The summed E-state index contributed by atoms with van der Waals surface area (Å²) in [6, 6.07) is 6.58. The number of aromatic nitrogens is 2. The fourth-order valence-electron chi connectivity index (χ4n) is 1.25. The number of hydrogen-bond donors (Lipinski definition) is 1. The van der Waals surface area contributed by atoms with E-state index in [1.54, 1.807) is 18.2 Å². The van der Waals surface area contributed by atoms with Gasteiger partial charge in [0.2, 0.25) is 0 Å². The summed E-state index contributed by atoms with van der Waals surface area (Å²) in [5, 5.41) is 3.05. The van der Waals surface area contributed by atoms with Gasteiger partial charge in [-0.15, -0.1) is 0 Å². The number of rotatable bonds is 2. The first-order valence-electron chi connectivity index (χ1n) is 4.81. The maximum atomic E-state index is 12.0. The Morgan fingerprint density at radius 3 is 2.83 bits per heavy atom. The first-order chi connectivity index (χ1) is 8.56. The van der Waals surface area contributed by atoms with Crippen molar-refractivity contribution < 1.29 is 4.79 Å². The number of hydrogen-bond acceptors (Lipinski definition) is 3. The molecule has 0 atom stereocenters. The topological polar surface area (TPSA) is 54.9 Å². The van der Waals surface area contributed by atoms with Crippen molar-refractivity contribution in [3.63, 3.8) is 0 Å². The molecule has 0 spiro atoms. The summed E-state index contributed by atoms with van der Waals surface area (Å²) >= 11 is 14.8. The van der Waals surface area contributed by atoms with E-state index in [0.717, 1.165) is 0 Å². The average molecular weight is 347 g/mol. The molecule has 1 amide bonds. The molecule has 2 rings (SSSR count). The smallest absolute Gasteiger partial charge is 0.258 e. The molecule has 18 heavy (non-hydrogen) atoms. The zero-order valence-corrected chi connectivity index (χ0v) is 11.9. The largest absolute Gasteiger partial charge is 0.306 e. The minimum Gasteiger partial charge on any atom is -0.306 e. The van der Waals surface area contributed by atoms with Gasteiger partial charge in [-0.25, -0.2) is 9.97 Å². The van der Waals surface area contributed by atoms with Crippen molar-refractivity contribution in [3.8, 4) is 0 Å². The first kappa shape index (κ1) is 13.3. The van der Waals surface area contributed by atoms with Gasteiger partial charge in [0.1, 0.15) is 15.6 Å². The summed E-state index contributed by atoms with van der Waals surface area (Å²) < 4.78 is 0.624. The maximum absolute atomic E-state index is 12.0. The molecule has 7 heteroatoms. The predicted octanol–water partition coefficient (Wildman–Crippen LogP) is 3.80. The van der Waals surface area contributed by atoms with Crippen LogP contribution >= 0.6 is 39.1 Å². The van der Waals surface area contributed by atoms with Crippen molar-refractivity contribution in [1.82, 2.24) is 9.97 Å². The molecule has 0 aliphatic carbocycles. The van der Waals surface area contributed by atoms with Gasteiger partial charge in [-0.2, -0.15) is 0 Å². The zero-order chi connectivity index (χ0) is 13.1. The van der Waals surface area contributed by atoms with Crippen LogP contribution in [0, 0.1) is 0 Å². The summed E-state index contributed by atoms with van der Waals surface area (Å²) in [5.74, 6) is 0.0216. The number of nitrogens with one attached hydrogen (secondary N) is 1. The highest BCUT2D eigenvalue weighted by molar-refractivity contribution is 9.10. The minimum atomic E-state index is -0.394. The fraction of sp³-hybridized carbons (Fsp3) is 0. The number of carbonyl (C=O) groups is 1. The van der Waals surface area contributed by atoms with Gasteiger partial charge in [0.25, 0.3) is 5.91 Å². The van der Waals surface area contributed by atoms with Crippen molar-refractivity contribution in [1.29, 1.82) is 0 Å². The lowest BCUT2D eigenvalue weighted by atomic mass is 10.2. The van der Waals surface area contributed by atoms with Crippen LogP contribution in [0.1, 0.15) is 10.4 Å². The minimum absolute atomic E-state index is 0.201. The van der Waals surface area contributed by atoms with Gasteiger partial charge in [-0.3, -0.25) is 4.79 Å². The lowest BCUT2D eigenvalue weighted by Crippen LogP contribution is -2.13. The molecular formula is C11H6BrCl2N3O. The average Bonchev–Trinajstić information content (AvgIpc) is 2.32. The molecule has 0 aliphatic heterocycles. The number of halogens is 3. The molecule has 0 bridgehead atoms. The number of amides is 1. The van der Waals surface area contributed by atoms with Crippen LogP contribution in [0.4, 0.5) is 5.82 Å². The molecule has 4 nitrogen and oxygen atoms in total. The Morgan fingerprint density at radius 1 is 1.33 bits per heavy atom. The van der Waals surface area contributed by atoms with Gasteiger partial charge in [0.15, 0.2) is 0 Å². The summed E-state index contributed by atoms with van der Waals surface area (Å²) in [4.78, 5) is 19.8. The lowest BCUT2D eigenvalue weighted by Gasteiger charge is -2.06. The molecule has 0 aliphatic rings. The Balaban J connectivity index is 2.24. The van der Waals surface area contributed by atoms with Crippen LogP contribution in [-0.2, 0) is 0 Å². The summed E-state index contributed by atoms with van der Waals surface area (Å²) in [6.45, 7) is 0. The highest BCUT2D eigenvalue weighted by Gasteiger charge is 2.12. The van der Waals surface area contributed by atoms with Gasteiger partial charge in [0.05, 0.1) is 10.6 Å². The number of pyridine rings is 2. The van der Waals surface area contributed by atoms with Gasteiger partial charge in [-0.05, 0) is 34.1 Å². The van der Waals surface area contributed by atoms with Crippen LogP contribution in [0.2, 0.25) is 10.2 Å². The number of carbonyl (C=O) groups excluding carboxylic acids is 1. The Morgan fingerprint density at radius 2 is 2.11 bits per heavy atom. The van der Waals surface area contributed by atoms with Gasteiger partial charge < -0.3 is 5.32 Å². The molecule has 92 valence electrons. The third-order valence-corrected chi connectivity index (χ3v) is 2.97. The van der Waals surface area contributed by atoms with Crippen molar-refractivity contribution in [2.45, 2.75) is 0 Å². The molecule has 0 aromatic carbocycles. The molecule has 0 fully saturated rings. The van der Waals surface area contributed by atoms with Crippen LogP contribution in [0.15, 0.2) is 35.1 Å². The standard InChI is InChI=1S/C11H6BrCl2N3O/c12-8-2-1-3-10(16-8)17-11(18)6-4-9(14)15-5-7(6)13/h1-5H,(H,16,17,18). The Bertz CT molecular complexity index is 607. The van der Waals surface area contributed by atoms with Crippen molar-refractivity contribution in [2.24, 2.45) is 0 Å². The number of nitrogens with zero attached hydrogens (tertiary/aromatic N) is 2. The Hall–Kier alpha value is -1.17. The third-order valence-electron chi connectivity index (χ3n) is 2.02. The van der Waals surface area contributed by atoms with Crippen molar-refractivity contribution in [2.75, 3.05) is 5.32 Å². The molecule has 2 aromatic heterocycles. The Labute approximate surface area is 121 Å². The van der Waals surface area contributed by atoms with Crippen LogP contribution in [0.5, 0.6) is 0 Å². The Kier molecular flexibility index (Phi) is 4.16. The van der Waals surface area contributed by atoms with Crippen LogP contribution < -0.4 is 5.32 Å². The highest BCUT2D eigenvalue weighted by Crippen LogP contribution is 2.19. The predicted molar refractivity (Wildman–Crippen MR) is 74.1 cm³/mol. The van der Waals surface area contributed by atoms with Crippen LogP contribution in [-0.4, -0.2) is 15.9 Å². The normalized spacial score (nSPS) is 10.2. The van der Waals surface area contributed by atoms with Crippen LogP contribution in [0.25, 0.3) is 0 Å². The van der Waals surface area contributed by atoms with Crippen molar-refractivity contribution >= 4 is 50.9 Å². The van der Waals surface area contributed by atoms with E-state index in [9.17, 15) is 4.79 Å². The fourth-order valence-corrected chi connectivity index (χ4v) is 1.94. The van der Waals surface area contributed by atoms with Gasteiger partial charge >= 0.3 is 0 Å². The third kappa shape index (κ3) is 3.19. The van der Waals surface area contributed by atoms with E-state index in [1.165, 1.54) is 12.3 Å². The molecule has 2 heterocycles. The van der Waals surface area contributed by atoms with Crippen LogP contribution in [0.3, 0.4) is 0 Å². The second-order valence-electron chi connectivity index (χ2n) is 3.29. The quantitative estimate of drug-likeness (QED) is 0.841. The first-order valence-corrected chi connectivity index (χ1v) is 6.36. The van der Waals surface area contributed by atoms with E-state index >= 15 is 0 Å². The highest BCUT2D eigenvalue weighted by atomic mass is 79.9. The van der Waals surface area contributed by atoms with E-state index < -0.39 is 5.91 Å². The van der Waals surface area contributed by atoms with Gasteiger partial charge in [-0.1, -0.05) is 29.3 Å². The van der Waals surface area contributed by atoms with E-state index in [1.807, 2.05) is 0 Å². The summed E-state index contributed by atoms with van der Waals surface area (Å²) in [7, 11) is 0. The van der Waals surface area contributed by atoms with E-state index in [0.29, 0.717) is 10.4 Å². The molecule has 0 saturated heterocycles. The molecular weight excluding hydrogens is 341 g/mol. The summed E-state index contributed by atoms with van der Waals surface area (Å²) in [5.41, 5.74) is 0.249. The van der Waals surface area contributed by atoms with E-state index in [4.69, 9.17) is 23.2 Å². The lowest BCUT2D eigenvalue weighted by molar-refractivity contribution is 0.102. The monoisotopic (exact) mass is 345 g/mol. The van der Waals surface area contributed by atoms with E-state index in [-0.39, 0.29) is 15.7 Å². The second kappa shape index (κ2) is 5.65. The molecule has 1 N–H and O–H groups in total. The molecule has 0 saturated carbocycles. The summed E-state index contributed by atoms with van der Waals surface area (Å²) in [6.07, 6.45) is 1.33. The molecule has 0 unspecified atom stereocenters. The van der Waals surface area contributed by atoms with Crippen molar-refractivity contribution in [3.05, 3.63) is 50.8 Å². The maximum Gasteiger partial charge on any atom is 0.258 e.